The van der Waals surface area contributed by atoms with Crippen LogP contribution in [0.4, 0.5) is 0 Å². The third-order valence-electron chi connectivity index (χ3n) is 3.77. The average Bonchev–Trinajstić information content (AvgIpc) is 2.40. The van der Waals surface area contributed by atoms with E-state index in [9.17, 15) is 9.90 Å². The molecule has 1 saturated carbocycles. The predicted molar refractivity (Wildman–Crippen MR) is 77.8 cm³/mol. The molecule has 110 valence electrons. The first-order valence-electron chi connectivity index (χ1n) is 7.24. The van der Waals surface area contributed by atoms with Crippen LogP contribution in [-0.2, 0) is 4.79 Å². The topological polar surface area (TPSA) is 58.6 Å². The molecular weight excluding hydrogens is 254 g/mol. The maximum atomic E-state index is 11.9. The summed E-state index contributed by atoms with van der Waals surface area (Å²) in [6.07, 6.45) is 3.28. The summed E-state index contributed by atoms with van der Waals surface area (Å²) in [4.78, 5) is 11.9. The van der Waals surface area contributed by atoms with Gasteiger partial charge in [-0.05, 0) is 38.3 Å². The smallest absolute Gasteiger partial charge is 0.258 e. The van der Waals surface area contributed by atoms with Crippen molar-refractivity contribution in [1.82, 2.24) is 5.32 Å². The zero-order valence-corrected chi connectivity index (χ0v) is 12.2. The highest BCUT2D eigenvalue weighted by Crippen LogP contribution is 2.19. The molecule has 1 aromatic carbocycles. The van der Waals surface area contributed by atoms with Crippen molar-refractivity contribution in [2.45, 2.75) is 51.7 Å². The molecule has 1 amide bonds. The number of carbonyl (C=O) groups is 1. The summed E-state index contributed by atoms with van der Waals surface area (Å²) in [7, 11) is 0. The highest BCUT2D eigenvalue weighted by molar-refractivity contribution is 5.78. The van der Waals surface area contributed by atoms with Gasteiger partial charge in [0.2, 0.25) is 0 Å². The largest absolute Gasteiger partial charge is 0.484 e. The Balaban J connectivity index is 1.82. The normalized spacial score (nSPS) is 22.4. The van der Waals surface area contributed by atoms with Crippen molar-refractivity contribution in [3.8, 4) is 5.75 Å². The number of nitrogens with one attached hydrogen (secondary N) is 1. The Morgan fingerprint density at radius 2 is 2.10 bits per heavy atom. The van der Waals surface area contributed by atoms with Crippen LogP contribution in [0.2, 0.25) is 0 Å². The minimum absolute atomic E-state index is 0.00682. The van der Waals surface area contributed by atoms with Crippen molar-refractivity contribution in [1.29, 1.82) is 0 Å². The number of rotatable bonds is 4. The van der Waals surface area contributed by atoms with Crippen molar-refractivity contribution in [3.63, 3.8) is 0 Å². The van der Waals surface area contributed by atoms with E-state index in [1.165, 1.54) is 5.56 Å². The SMILES string of the molecule is Cc1ccc(OCC(=O)N[C@H]2CCCC[C@@H]2O)c(C)c1. The number of amides is 1. The Morgan fingerprint density at radius 3 is 2.80 bits per heavy atom. The van der Waals surface area contributed by atoms with E-state index >= 15 is 0 Å². The number of hydrogen-bond donors (Lipinski definition) is 2. The molecule has 4 nitrogen and oxygen atoms in total. The van der Waals surface area contributed by atoms with E-state index in [0.717, 1.165) is 37.0 Å². The molecule has 0 aromatic heterocycles. The number of aliphatic hydroxyl groups is 1. The van der Waals surface area contributed by atoms with E-state index in [4.69, 9.17) is 4.74 Å². The van der Waals surface area contributed by atoms with Gasteiger partial charge in [0.25, 0.3) is 5.91 Å². The molecule has 1 aromatic rings. The molecule has 20 heavy (non-hydrogen) atoms. The maximum Gasteiger partial charge on any atom is 0.258 e. The number of aliphatic hydroxyl groups excluding tert-OH is 1. The number of benzene rings is 1. The lowest BCUT2D eigenvalue weighted by Gasteiger charge is -2.28. The van der Waals surface area contributed by atoms with E-state index < -0.39 is 6.10 Å². The van der Waals surface area contributed by atoms with E-state index in [0.29, 0.717) is 0 Å². The van der Waals surface area contributed by atoms with Crippen LogP contribution in [0.1, 0.15) is 36.8 Å². The zero-order valence-electron chi connectivity index (χ0n) is 12.2. The summed E-state index contributed by atoms with van der Waals surface area (Å²) in [6, 6.07) is 5.75. The molecule has 0 aliphatic heterocycles. The van der Waals surface area contributed by atoms with Gasteiger partial charge in [-0.25, -0.2) is 0 Å². The molecule has 1 fully saturated rings. The number of carbonyl (C=O) groups excluding carboxylic acids is 1. The molecule has 0 spiro atoms. The number of ether oxygens (including phenoxy) is 1. The fraction of sp³-hybridized carbons (Fsp3) is 0.562. The highest BCUT2D eigenvalue weighted by atomic mass is 16.5. The van der Waals surface area contributed by atoms with Crippen molar-refractivity contribution < 1.29 is 14.6 Å². The summed E-state index contributed by atoms with van der Waals surface area (Å²) in [5, 5.41) is 12.7. The third kappa shape index (κ3) is 3.97. The van der Waals surface area contributed by atoms with Crippen LogP contribution in [0.5, 0.6) is 5.75 Å². The second-order valence-corrected chi connectivity index (χ2v) is 5.58. The average molecular weight is 277 g/mol. The molecule has 0 saturated heterocycles. The molecule has 0 unspecified atom stereocenters. The third-order valence-corrected chi connectivity index (χ3v) is 3.77. The zero-order chi connectivity index (χ0) is 14.5. The van der Waals surface area contributed by atoms with E-state index in [2.05, 4.69) is 5.32 Å². The van der Waals surface area contributed by atoms with Crippen LogP contribution < -0.4 is 10.1 Å². The Labute approximate surface area is 120 Å². The second-order valence-electron chi connectivity index (χ2n) is 5.58. The van der Waals surface area contributed by atoms with Crippen molar-refractivity contribution in [3.05, 3.63) is 29.3 Å². The fourth-order valence-electron chi connectivity index (χ4n) is 2.63. The molecule has 1 aliphatic rings. The van der Waals surface area contributed by atoms with E-state index in [-0.39, 0.29) is 18.6 Å². The van der Waals surface area contributed by atoms with E-state index in [1.54, 1.807) is 0 Å². The van der Waals surface area contributed by atoms with Gasteiger partial charge in [0.15, 0.2) is 6.61 Å². The van der Waals surface area contributed by atoms with Gasteiger partial charge in [0.05, 0.1) is 12.1 Å². The molecule has 2 rings (SSSR count). The summed E-state index contributed by atoms with van der Waals surface area (Å²) in [5.74, 6) is 0.561. The van der Waals surface area contributed by atoms with Gasteiger partial charge in [0.1, 0.15) is 5.75 Å². The number of hydrogen-bond acceptors (Lipinski definition) is 3. The van der Waals surface area contributed by atoms with Gasteiger partial charge in [0, 0.05) is 0 Å². The molecule has 0 radical (unpaired) electrons. The second kappa shape index (κ2) is 6.75. The first kappa shape index (κ1) is 14.9. The van der Waals surface area contributed by atoms with Crippen LogP contribution in [0, 0.1) is 13.8 Å². The summed E-state index contributed by atoms with van der Waals surface area (Å²) in [6.45, 7) is 3.98. The van der Waals surface area contributed by atoms with Gasteiger partial charge in [-0.2, -0.15) is 0 Å². The van der Waals surface area contributed by atoms with Crippen LogP contribution in [-0.4, -0.2) is 29.8 Å². The van der Waals surface area contributed by atoms with Gasteiger partial charge < -0.3 is 15.2 Å². The highest BCUT2D eigenvalue weighted by Gasteiger charge is 2.24. The quantitative estimate of drug-likeness (QED) is 0.886. The van der Waals surface area contributed by atoms with Crippen molar-refractivity contribution in [2.75, 3.05) is 6.61 Å². The maximum absolute atomic E-state index is 11.9. The Morgan fingerprint density at radius 1 is 1.35 bits per heavy atom. The molecule has 2 atom stereocenters. The molecule has 4 heteroatoms. The lowest BCUT2D eigenvalue weighted by molar-refractivity contribution is -0.125. The van der Waals surface area contributed by atoms with Crippen molar-refractivity contribution in [2.24, 2.45) is 0 Å². The lowest BCUT2D eigenvalue weighted by Crippen LogP contribution is -2.46. The predicted octanol–water partition coefficient (Wildman–Crippen LogP) is 2.10. The lowest BCUT2D eigenvalue weighted by atomic mass is 9.92. The molecule has 2 N–H and O–H groups in total. The molecular formula is C16H23NO3. The minimum atomic E-state index is -0.422. The van der Waals surface area contributed by atoms with Crippen LogP contribution in [0.3, 0.4) is 0 Å². The van der Waals surface area contributed by atoms with Gasteiger partial charge in [-0.3, -0.25) is 4.79 Å². The molecule has 0 heterocycles. The summed E-state index contributed by atoms with van der Waals surface area (Å²) >= 11 is 0. The van der Waals surface area contributed by atoms with Gasteiger partial charge in [-0.1, -0.05) is 30.5 Å². The summed E-state index contributed by atoms with van der Waals surface area (Å²) in [5.41, 5.74) is 2.19. The Bertz CT molecular complexity index is 473. The first-order chi connectivity index (χ1) is 9.56. The monoisotopic (exact) mass is 277 g/mol. The standard InChI is InChI=1S/C16H23NO3/c1-11-7-8-15(12(2)9-11)20-10-16(19)17-13-5-3-4-6-14(13)18/h7-9,13-14,18H,3-6,10H2,1-2H3,(H,17,19)/t13-,14-/m0/s1. The van der Waals surface area contributed by atoms with Crippen LogP contribution >= 0.6 is 0 Å². The van der Waals surface area contributed by atoms with Gasteiger partial charge >= 0.3 is 0 Å². The molecule has 0 bridgehead atoms. The van der Waals surface area contributed by atoms with Crippen LogP contribution in [0.15, 0.2) is 18.2 Å². The van der Waals surface area contributed by atoms with Gasteiger partial charge in [-0.15, -0.1) is 0 Å². The minimum Gasteiger partial charge on any atom is -0.484 e. The first-order valence-corrected chi connectivity index (χ1v) is 7.24. The molecule has 1 aliphatic carbocycles. The fourth-order valence-corrected chi connectivity index (χ4v) is 2.63. The van der Waals surface area contributed by atoms with Crippen LogP contribution in [0.25, 0.3) is 0 Å². The Hall–Kier alpha value is -1.55. The van der Waals surface area contributed by atoms with Crippen molar-refractivity contribution >= 4 is 5.91 Å². The number of aryl methyl sites for hydroxylation is 2. The summed E-state index contributed by atoms with van der Waals surface area (Å²) < 4.78 is 5.54. The Kier molecular flexibility index (Phi) is 5.01. The van der Waals surface area contributed by atoms with E-state index in [1.807, 2.05) is 32.0 Å².